The molecule has 0 aromatic heterocycles. The quantitative estimate of drug-likeness (QED) is 0.531. The van der Waals surface area contributed by atoms with E-state index in [0.29, 0.717) is 13.2 Å². The van der Waals surface area contributed by atoms with E-state index >= 15 is 0 Å². The van der Waals surface area contributed by atoms with Gasteiger partial charge in [0.05, 0.1) is 0 Å². The Morgan fingerprint density at radius 1 is 1.22 bits per heavy atom. The van der Waals surface area contributed by atoms with Gasteiger partial charge in [0.1, 0.15) is 6.67 Å². The molecule has 0 fully saturated rings. The minimum atomic E-state index is -0.653. The molecular weight excluding hydrogens is 123 g/mol. The van der Waals surface area contributed by atoms with Crippen LogP contribution in [0.1, 0.15) is 13.8 Å². The highest BCUT2D eigenvalue weighted by atomic mass is 19.1. The first-order valence-corrected chi connectivity index (χ1v) is 3.14. The molecule has 0 N–H and O–H groups in total. The monoisotopic (exact) mass is 136 g/mol. The van der Waals surface area contributed by atoms with E-state index in [-0.39, 0.29) is 0 Å². The number of hydrogen-bond donors (Lipinski definition) is 0. The van der Waals surface area contributed by atoms with E-state index in [9.17, 15) is 4.39 Å². The van der Waals surface area contributed by atoms with Crippen LogP contribution in [0.3, 0.4) is 0 Å². The maximum atomic E-state index is 11.8. The van der Waals surface area contributed by atoms with E-state index in [1.165, 1.54) is 0 Å². The fraction of sp³-hybridized carbons (Fsp3) is 1.00. The fourth-order valence-corrected chi connectivity index (χ4v) is 0.509. The summed E-state index contributed by atoms with van der Waals surface area (Å²) in [4.78, 5) is 0. The van der Waals surface area contributed by atoms with Crippen LogP contribution >= 0.6 is 0 Å². The SMILES string of the molecule is CCOC(CF)OCC. The van der Waals surface area contributed by atoms with Gasteiger partial charge in [-0.1, -0.05) is 0 Å². The van der Waals surface area contributed by atoms with Crippen LogP contribution in [0.4, 0.5) is 4.39 Å². The van der Waals surface area contributed by atoms with Crippen LogP contribution in [0, 0.1) is 0 Å². The van der Waals surface area contributed by atoms with Crippen LogP contribution in [0.15, 0.2) is 0 Å². The first kappa shape index (κ1) is 8.85. The van der Waals surface area contributed by atoms with Crippen molar-refractivity contribution < 1.29 is 13.9 Å². The van der Waals surface area contributed by atoms with E-state index in [1.807, 2.05) is 13.8 Å². The standard InChI is InChI=1S/C6H13FO2/c1-3-8-6(5-7)9-4-2/h6H,3-5H2,1-2H3. The minimum absolute atomic E-state index is 0.495. The number of rotatable bonds is 5. The van der Waals surface area contributed by atoms with Gasteiger partial charge in [-0.15, -0.1) is 0 Å². The Kier molecular flexibility index (Phi) is 5.88. The lowest BCUT2D eigenvalue weighted by atomic mass is 10.7. The van der Waals surface area contributed by atoms with Crippen molar-refractivity contribution in [1.82, 2.24) is 0 Å². The second-order valence-corrected chi connectivity index (χ2v) is 1.49. The van der Waals surface area contributed by atoms with Gasteiger partial charge < -0.3 is 9.47 Å². The Hall–Kier alpha value is -0.150. The van der Waals surface area contributed by atoms with Crippen molar-refractivity contribution in [3.05, 3.63) is 0 Å². The number of hydrogen-bond acceptors (Lipinski definition) is 2. The molecule has 3 heteroatoms. The molecule has 0 aromatic rings. The van der Waals surface area contributed by atoms with Crippen LogP contribution in [0.5, 0.6) is 0 Å². The first-order valence-electron chi connectivity index (χ1n) is 3.14. The first-order chi connectivity index (χ1) is 4.35. The number of alkyl halides is 1. The topological polar surface area (TPSA) is 18.5 Å². The zero-order valence-corrected chi connectivity index (χ0v) is 5.89. The molecule has 0 aliphatic heterocycles. The minimum Gasteiger partial charge on any atom is -0.350 e. The molecule has 0 atom stereocenters. The van der Waals surface area contributed by atoms with Crippen molar-refractivity contribution in [2.75, 3.05) is 19.9 Å². The Labute approximate surface area is 55.0 Å². The summed E-state index contributed by atoms with van der Waals surface area (Å²) in [6.45, 7) is 4.04. The highest BCUT2D eigenvalue weighted by molar-refractivity contribution is 4.36. The molecule has 0 rings (SSSR count). The Morgan fingerprint density at radius 2 is 1.67 bits per heavy atom. The van der Waals surface area contributed by atoms with Crippen LogP contribution in [-0.2, 0) is 9.47 Å². The molecule has 0 amide bonds. The summed E-state index contributed by atoms with van der Waals surface area (Å²) in [7, 11) is 0. The zero-order chi connectivity index (χ0) is 7.11. The molecule has 0 unspecified atom stereocenters. The largest absolute Gasteiger partial charge is 0.350 e. The highest BCUT2D eigenvalue weighted by Gasteiger charge is 2.04. The third-order valence-corrected chi connectivity index (χ3v) is 0.831. The summed E-state index contributed by atoms with van der Waals surface area (Å²) in [6.07, 6.45) is -0.653. The maximum Gasteiger partial charge on any atom is 0.185 e. The molecule has 2 nitrogen and oxygen atoms in total. The van der Waals surface area contributed by atoms with Crippen LogP contribution < -0.4 is 0 Å². The van der Waals surface area contributed by atoms with Gasteiger partial charge in [-0.25, -0.2) is 4.39 Å². The molecule has 0 bridgehead atoms. The van der Waals surface area contributed by atoms with E-state index in [0.717, 1.165) is 0 Å². The van der Waals surface area contributed by atoms with Gasteiger partial charge >= 0.3 is 0 Å². The van der Waals surface area contributed by atoms with Gasteiger partial charge in [-0.3, -0.25) is 0 Å². The van der Waals surface area contributed by atoms with Crippen molar-refractivity contribution >= 4 is 0 Å². The van der Waals surface area contributed by atoms with Gasteiger partial charge in [-0.05, 0) is 13.8 Å². The second-order valence-electron chi connectivity index (χ2n) is 1.49. The predicted octanol–water partition coefficient (Wildman–Crippen LogP) is 1.35. The molecule has 0 aliphatic carbocycles. The lowest BCUT2D eigenvalue weighted by Crippen LogP contribution is -2.19. The van der Waals surface area contributed by atoms with E-state index in [2.05, 4.69) is 0 Å². The summed E-state index contributed by atoms with van der Waals surface area (Å²) in [5, 5.41) is 0. The van der Waals surface area contributed by atoms with Crippen LogP contribution in [0.25, 0.3) is 0 Å². The van der Waals surface area contributed by atoms with Gasteiger partial charge in [0.15, 0.2) is 6.29 Å². The molecule has 0 aromatic carbocycles. The summed E-state index contributed by atoms with van der Waals surface area (Å²) in [5.74, 6) is 0. The zero-order valence-electron chi connectivity index (χ0n) is 5.89. The highest BCUT2D eigenvalue weighted by Crippen LogP contribution is 1.94. The van der Waals surface area contributed by atoms with Gasteiger partial charge in [0, 0.05) is 13.2 Å². The predicted molar refractivity (Wildman–Crippen MR) is 33.0 cm³/mol. The molecule has 56 valence electrons. The molecule has 0 radical (unpaired) electrons. The van der Waals surface area contributed by atoms with Crippen molar-refractivity contribution in [2.45, 2.75) is 20.1 Å². The summed E-state index contributed by atoms with van der Waals surface area (Å²) < 4.78 is 21.5. The van der Waals surface area contributed by atoms with Gasteiger partial charge in [0.25, 0.3) is 0 Å². The van der Waals surface area contributed by atoms with Crippen LogP contribution in [0.2, 0.25) is 0 Å². The lowest BCUT2D eigenvalue weighted by molar-refractivity contribution is -0.144. The van der Waals surface area contributed by atoms with E-state index in [4.69, 9.17) is 9.47 Å². The number of ether oxygens (including phenoxy) is 2. The molecular formula is C6H13FO2. The molecule has 9 heavy (non-hydrogen) atoms. The smallest absolute Gasteiger partial charge is 0.185 e. The second kappa shape index (κ2) is 5.98. The summed E-state index contributed by atoms with van der Waals surface area (Å²) in [5.41, 5.74) is 0. The Bertz CT molecular complexity index is 53.0. The normalized spacial score (nSPS) is 10.7. The molecule has 0 aliphatic rings. The van der Waals surface area contributed by atoms with Crippen molar-refractivity contribution in [1.29, 1.82) is 0 Å². The van der Waals surface area contributed by atoms with E-state index in [1.54, 1.807) is 0 Å². The molecule has 0 saturated carbocycles. The Morgan fingerprint density at radius 3 is 1.89 bits per heavy atom. The lowest BCUT2D eigenvalue weighted by Gasteiger charge is -2.11. The molecule has 0 spiro atoms. The van der Waals surface area contributed by atoms with Gasteiger partial charge in [-0.2, -0.15) is 0 Å². The average molecular weight is 136 g/mol. The third kappa shape index (κ3) is 4.36. The molecule has 0 saturated heterocycles. The van der Waals surface area contributed by atoms with E-state index < -0.39 is 13.0 Å². The number of halogens is 1. The Balaban J connectivity index is 3.18. The maximum absolute atomic E-state index is 11.8. The average Bonchev–Trinajstić information content (AvgIpc) is 1.88. The van der Waals surface area contributed by atoms with Crippen molar-refractivity contribution in [3.8, 4) is 0 Å². The summed E-state index contributed by atoms with van der Waals surface area (Å²) >= 11 is 0. The molecule has 0 heterocycles. The summed E-state index contributed by atoms with van der Waals surface area (Å²) in [6, 6.07) is 0. The fourth-order valence-electron chi connectivity index (χ4n) is 0.509. The van der Waals surface area contributed by atoms with Crippen LogP contribution in [-0.4, -0.2) is 26.2 Å². The van der Waals surface area contributed by atoms with Crippen molar-refractivity contribution in [3.63, 3.8) is 0 Å². The van der Waals surface area contributed by atoms with Gasteiger partial charge in [0.2, 0.25) is 0 Å². The third-order valence-electron chi connectivity index (χ3n) is 0.831. The van der Waals surface area contributed by atoms with Crippen molar-refractivity contribution in [2.24, 2.45) is 0 Å².